The zero-order valence-electron chi connectivity index (χ0n) is 11.0. The van der Waals surface area contributed by atoms with Crippen LogP contribution in [0.5, 0.6) is 0 Å². The SMILES string of the molecule is C=CCN(Cc1cccs1)S(=O)(=O)c1cc(F)ccc1F. The first kappa shape index (κ1) is 15.8. The molecule has 0 aliphatic rings. The zero-order valence-corrected chi connectivity index (χ0v) is 12.6. The highest BCUT2D eigenvalue weighted by Crippen LogP contribution is 2.23. The normalized spacial score (nSPS) is 11.8. The minimum Gasteiger partial charge on any atom is -0.207 e. The average molecular weight is 329 g/mol. The molecule has 2 rings (SSSR count). The van der Waals surface area contributed by atoms with Crippen LogP contribution in [-0.4, -0.2) is 19.3 Å². The molecule has 7 heteroatoms. The Bertz CT molecular complexity index is 727. The summed E-state index contributed by atoms with van der Waals surface area (Å²) in [5.74, 6) is -1.78. The molecule has 2 aromatic rings. The standard InChI is InChI=1S/C14H13F2NO2S2/c1-2-7-17(10-12-4-3-8-20-12)21(18,19)14-9-11(15)5-6-13(14)16/h2-6,8-9H,1,7,10H2. The molecule has 0 saturated heterocycles. The fourth-order valence-electron chi connectivity index (χ4n) is 1.78. The van der Waals surface area contributed by atoms with Crippen LogP contribution in [0.4, 0.5) is 8.78 Å². The van der Waals surface area contributed by atoms with Gasteiger partial charge in [-0.3, -0.25) is 0 Å². The number of thiophene rings is 1. The van der Waals surface area contributed by atoms with Gasteiger partial charge in [0.15, 0.2) is 0 Å². The Kier molecular flexibility index (Phi) is 4.87. The van der Waals surface area contributed by atoms with Crippen molar-refractivity contribution in [3.05, 3.63) is 64.9 Å². The Morgan fingerprint density at radius 2 is 2.05 bits per heavy atom. The van der Waals surface area contributed by atoms with Crippen molar-refractivity contribution in [2.75, 3.05) is 6.54 Å². The molecule has 21 heavy (non-hydrogen) atoms. The van der Waals surface area contributed by atoms with Crippen LogP contribution in [0, 0.1) is 11.6 Å². The first-order chi connectivity index (χ1) is 9.95. The van der Waals surface area contributed by atoms with Gasteiger partial charge >= 0.3 is 0 Å². The van der Waals surface area contributed by atoms with E-state index in [-0.39, 0.29) is 13.1 Å². The number of benzene rings is 1. The Labute approximate surface area is 126 Å². The third-order valence-corrected chi connectivity index (χ3v) is 5.44. The van der Waals surface area contributed by atoms with E-state index < -0.39 is 26.6 Å². The van der Waals surface area contributed by atoms with Gasteiger partial charge in [-0.2, -0.15) is 4.31 Å². The highest BCUT2D eigenvalue weighted by molar-refractivity contribution is 7.89. The van der Waals surface area contributed by atoms with Crippen LogP contribution in [-0.2, 0) is 16.6 Å². The molecule has 0 N–H and O–H groups in total. The predicted molar refractivity (Wildman–Crippen MR) is 78.5 cm³/mol. The van der Waals surface area contributed by atoms with Gasteiger partial charge in [-0.25, -0.2) is 17.2 Å². The van der Waals surface area contributed by atoms with Gasteiger partial charge < -0.3 is 0 Å². The minimum absolute atomic E-state index is 0.0101. The summed E-state index contributed by atoms with van der Waals surface area (Å²) in [4.78, 5) is 0.137. The number of hydrogen-bond acceptors (Lipinski definition) is 3. The summed E-state index contributed by atoms with van der Waals surface area (Å²) in [6.07, 6.45) is 1.41. The number of rotatable bonds is 6. The molecular weight excluding hydrogens is 316 g/mol. The molecule has 0 bridgehead atoms. The zero-order chi connectivity index (χ0) is 15.5. The van der Waals surface area contributed by atoms with Gasteiger partial charge in [0.2, 0.25) is 10.0 Å². The van der Waals surface area contributed by atoms with Gasteiger partial charge in [0, 0.05) is 18.0 Å². The third kappa shape index (κ3) is 3.55. The van der Waals surface area contributed by atoms with Crippen molar-refractivity contribution in [2.45, 2.75) is 11.4 Å². The maximum atomic E-state index is 13.7. The molecule has 0 aliphatic carbocycles. The third-order valence-electron chi connectivity index (χ3n) is 2.76. The molecule has 0 radical (unpaired) electrons. The molecule has 112 valence electrons. The van der Waals surface area contributed by atoms with Gasteiger partial charge in [0.1, 0.15) is 16.5 Å². The molecular formula is C14H13F2NO2S2. The molecule has 0 atom stereocenters. The average Bonchev–Trinajstić information content (AvgIpc) is 2.94. The van der Waals surface area contributed by atoms with E-state index in [1.165, 1.54) is 17.4 Å². The molecule has 1 aromatic heterocycles. The lowest BCUT2D eigenvalue weighted by Gasteiger charge is -2.20. The second kappa shape index (κ2) is 6.46. The lowest BCUT2D eigenvalue weighted by atomic mass is 10.3. The summed E-state index contributed by atoms with van der Waals surface area (Å²) in [7, 11) is -4.14. The van der Waals surface area contributed by atoms with Crippen molar-refractivity contribution in [3.63, 3.8) is 0 Å². The van der Waals surface area contributed by atoms with Crippen molar-refractivity contribution < 1.29 is 17.2 Å². The summed E-state index contributed by atoms with van der Waals surface area (Å²) < 4.78 is 53.0. The van der Waals surface area contributed by atoms with Gasteiger partial charge in [0.25, 0.3) is 0 Å². The maximum Gasteiger partial charge on any atom is 0.246 e. The molecule has 0 fully saturated rings. The maximum absolute atomic E-state index is 13.7. The first-order valence-corrected chi connectivity index (χ1v) is 8.35. The van der Waals surface area contributed by atoms with Crippen molar-refractivity contribution >= 4 is 21.4 Å². The van der Waals surface area contributed by atoms with Crippen molar-refractivity contribution in [1.29, 1.82) is 0 Å². The Morgan fingerprint density at radius 3 is 2.67 bits per heavy atom. The largest absolute Gasteiger partial charge is 0.246 e. The van der Waals surface area contributed by atoms with Crippen LogP contribution in [0.2, 0.25) is 0 Å². The van der Waals surface area contributed by atoms with Crippen LogP contribution in [0.3, 0.4) is 0 Å². The summed E-state index contributed by atoms with van der Waals surface area (Å²) >= 11 is 1.39. The molecule has 0 saturated carbocycles. The van der Waals surface area contributed by atoms with Crippen molar-refractivity contribution in [1.82, 2.24) is 4.31 Å². The van der Waals surface area contributed by atoms with E-state index in [2.05, 4.69) is 6.58 Å². The van der Waals surface area contributed by atoms with Gasteiger partial charge in [-0.1, -0.05) is 12.1 Å². The quantitative estimate of drug-likeness (QED) is 0.762. The van der Waals surface area contributed by atoms with Gasteiger partial charge in [-0.15, -0.1) is 17.9 Å². The van der Waals surface area contributed by atoms with Crippen LogP contribution >= 0.6 is 11.3 Å². The summed E-state index contributed by atoms with van der Waals surface area (Å²) in [6.45, 7) is 3.60. The molecule has 1 heterocycles. The molecule has 3 nitrogen and oxygen atoms in total. The Morgan fingerprint density at radius 1 is 1.29 bits per heavy atom. The fourth-order valence-corrected chi connectivity index (χ4v) is 4.05. The first-order valence-electron chi connectivity index (χ1n) is 6.03. The number of halogens is 2. The summed E-state index contributed by atoms with van der Waals surface area (Å²) in [6, 6.07) is 5.94. The van der Waals surface area contributed by atoms with Crippen LogP contribution in [0.25, 0.3) is 0 Å². The number of hydrogen-bond donors (Lipinski definition) is 0. The smallest absolute Gasteiger partial charge is 0.207 e. The minimum atomic E-state index is -4.14. The molecule has 0 amide bonds. The number of nitrogens with zero attached hydrogens (tertiary/aromatic N) is 1. The van der Waals surface area contributed by atoms with E-state index in [4.69, 9.17) is 0 Å². The summed E-state index contributed by atoms with van der Waals surface area (Å²) in [5, 5.41) is 1.82. The Balaban J connectivity index is 2.41. The topological polar surface area (TPSA) is 37.4 Å². The lowest BCUT2D eigenvalue weighted by molar-refractivity contribution is 0.435. The van der Waals surface area contributed by atoms with Gasteiger partial charge in [-0.05, 0) is 29.6 Å². The van der Waals surface area contributed by atoms with E-state index in [1.807, 2.05) is 5.38 Å². The molecule has 0 spiro atoms. The molecule has 1 aromatic carbocycles. The fraction of sp³-hybridized carbons (Fsp3) is 0.143. The van der Waals surface area contributed by atoms with E-state index in [0.717, 1.165) is 21.3 Å². The summed E-state index contributed by atoms with van der Waals surface area (Å²) in [5.41, 5.74) is 0. The predicted octanol–water partition coefficient (Wildman–Crippen LogP) is 3.40. The lowest BCUT2D eigenvalue weighted by Crippen LogP contribution is -2.31. The number of sulfonamides is 1. The molecule has 0 aliphatic heterocycles. The highest BCUT2D eigenvalue weighted by atomic mass is 32.2. The second-order valence-electron chi connectivity index (χ2n) is 4.24. The van der Waals surface area contributed by atoms with Crippen molar-refractivity contribution in [2.24, 2.45) is 0 Å². The van der Waals surface area contributed by atoms with Crippen molar-refractivity contribution in [3.8, 4) is 0 Å². The molecule has 0 unspecified atom stereocenters. The van der Waals surface area contributed by atoms with Crippen LogP contribution in [0.15, 0.2) is 53.3 Å². The monoisotopic (exact) mass is 329 g/mol. The Hall–Kier alpha value is -1.57. The van der Waals surface area contributed by atoms with Crippen LogP contribution < -0.4 is 0 Å². The van der Waals surface area contributed by atoms with Gasteiger partial charge in [0.05, 0.1) is 0 Å². The van der Waals surface area contributed by atoms with E-state index in [1.54, 1.807) is 12.1 Å². The van der Waals surface area contributed by atoms with E-state index in [9.17, 15) is 17.2 Å². The highest BCUT2D eigenvalue weighted by Gasteiger charge is 2.27. The van der Waals surface area contributed by atoms with Crippen LogP contribution in [0.1, 0.15) is 4.88 Å². The van der Waals surface area contributed by atoms with E-state index >= 15 is 0 Å². The second-order valence-corrected chi connectivity index (χ2v) is 7.18. The van der Waals surface area contributed by atoms with E-state index in [0.29, 0.717) is 6.07 Å².